The molecule has 16 heavy (non-hydrogen) atoms. The molecule has 0 saturated carbocycles. The van der Waals surface area contributed by atoms with E-state index in [1.54, 1.807) is 0 Å². The van der Waals surface area contributed by atoms with Crippen molar-refractivity contribution in [3.05, 3.63) is 0 Å². The van der Waals surface area contributed by atoms with Gasteiger partial charge in [0.15, 0.2) is 0 Å². The second-order valence-corrected chi connectivity index (χ2v) is 4.94. The van der Waals surface area contributed by atoms with Gasteiger partial charge in [0.05, 0.1) is 6.54 Å². The van der Waals surface area contributed by atoms with Gasteiger partial charge in [0, 0.05) is 18.8 Å². The average Bonchev–Trinajstić information content (AvgIpc) is 2.13. The summed E-state index contributed by atoms with van der Waals surface area (Å²) in [6, 6.07) is 0. The number of ether oxygens (including phenoxy) is 1. The summed E-state index contributed by atoms with van der Waals surface area (Å²) >= 11 is 0. The fourth-order valence-corrected chi connectivity index (χ4v) is 1.21. The fourth-order valence-electron chi connectivity index (χ4n) is 1.21. The summed E-state index contributed by atoms with van der Waals surface area (Å²) in [5.41, 5.74) is -0.150. The van der Waals surface area contributed by atoms with Crippen LogP contribution in [0.1, 0.15) is 40.5 Å². The molecule has 0 aromatic heterocycles. The standard InChI is InChI=1S/C12H26N2O2/c1-5-8-16-9-6-7-13-10-11(15)14-12(2,3)4/h13H,5-10H2,1-4H3,(H,14,15). The summed E-state index contributed by atoms with van der Waals surface area (Å²) in [5, 5.41) is 5.99. The SMILES string of the molecule is CCCOCCCNCC(=O)NC(C)(C)C. The first kappa shape index (κ1) is 15.4. The van der Waals surface area contributed by atoms with E-state index in [1.807, 2.05) is 20.8 Å². The minimum atomic E-state index is -0.150. The molecule has 0 atom stereocenters. The molecule has 0 rings (SSSR count). The lowest BCUT2D eigenvalue weighted by Gasteiger charge is -2.20. The first-order chi connectivity index (χ1) is 7.45. The van der Waals surface area contributed by atoms with Gasteiger partial charge in [0.25, 0.3) is 0 Å². The Bertz CT molecular complexity index is 188. The Kier molecular flexibility index (Phi) is 8.21. The van der Waals surface area contributed by atoms with Crippen LogP contribution in [0.15, 0.2) is 0 Å². The molecule has 0 bridgehead atoms. The summed E-state index contributed by atoms with van der Waals surface area (Å²) < 4.78 is 5.33. The van der Waals surface area contributed by atoms with E-state index >= 15 is 0 Å². The maximum Gasteiger partial charge on any atom is 0.234 e. The van der Waals surface area contributed by atoms with E-state index in [0.29, 0.717) is 6.54 Å². The van der Waals surface area contributed by atoms with Crippen LogP contribution >= 0.6 is 0 Å². The van der Waals surface area contributed by atoms with Crippen LogP contribution in [-0.2, 0) is 9.53 Å². The lowest BCUT2D eigenvalue weighted by Crippen LogP contribution is -2.45. The van der Waals surface area contributed by atoms with E-state index in [4.69, 9.17) is 4.74 Å². The van der Waals surface area contributed by atoms with Gasteiger partial charge < -0.3 is 15.4 Å². The lowest BCUT2D eigenvalue weighted by atomic mass is 10.1. The summed E-state index contributed by atoms with van der Waals surface area (Å²) in [5.74, 6) is 0.0435. The first-order valence-corrected chi connectivity index (χ1v) is 6.05. The zero-order valence-corrected chi connectivity index (χ0v) is 11.1. The van der Waals surface area contributed by atoms with Crippen LogP contribution in [0.2, 0.25) is 0 Å². The van der Waals surface area contributed by atoms with Crippen molar-refractivity contribution < 1.29 is 9.53 Å². The smallest absolute Gasteiger partial charge is 0.234 e. The molecule has 0 radical (unpaired) electrons. The largest absolute Gasteiger partial charge is 0.381 e. The topological polar surface area (TPSA) is 50.4 Å². The van der Waals surface area contributed by atoms with Gasteiger partial charge in [0.2, 0.25) is 5.91 Å². The van der Waals surface area contributed by atoms with Crippen LogP contribution in [0, 0.1) is 0 Å². The van der Waals surface area contributed by atoms with Gasteiger partial charge in [-0.1, -0.05) is 6.92 Å². The van der Waals surface area contributed by atoms with Gasteiger partial charge in [-0.25, -0.2) is 0 Å². The van der Waals surface area contributed by atoms with Gasteiger partial charge >= 0.3 is 0 Å². The van der Waals surface area contributed by atoms with Gasteiger partial charge in [0.1, 0.15) is 0 Å². The monoisotopic (exact) mass is 230 g/mol. The molecule has 0 aromatic rings. The third kappa shape index (κ3) is 11.5. The third-order valence-electron chi connectivity index (χ3n) is 1.79. The molecule has 4 heteroatoms. The maximum absolute atomic E-state index is 11.4. The van der Waals surface area contributed by atoms with Crippen molar-refractivity contribution >= 4 is 5.91 Å². The Hall–Kier alpha value is -0.610. The number of carbonyl (C=O) groups excluding carboxylic acids is 1. The van der Waals surface area contributed by atoms with E-state index in [0.717, 1.165) is 32.6 Å². The molecule has 0 saturated heterocycles. The number of hydrogen-bond donors (Lipinski definition) is 2. The predicted molar refractivity (Wildman–Crippen MR) is 66.5 cm³/mol. The van der Waals surface area contributed by atoms with Crippen LogP contribution in [0.4, 0.5) is 0 Å². The molecule has 96 valence electrons. The number of carbonyl (C=O) groups is 1. The van der Waals surface area contributed by atoms with Crippen molar-refractivity contribution in [2.75, 3.05) is 26.3 Å². The Labute approximate surface area is 99.1 Å². The molecular weight excluding hydrogens is 204 g/mol. The highest BCUT2D eigenvalue weighted by Gasteiger charge is 2.12. The zero-order chi connectivity index (χ0) is 12.4. The van der Waals surface area contributed by atoms with Crippen LogP contribution < -0.4 is 10.6 Å². The van der Waals surface area contributed by atoms with Crippen molar-refractivity contribution in [3.63, 3.8) is 0 Å². The third-order valence-corrected chi connectivity index (χ3v) is 1.79. The zero-order valence-electron chi connectivity index (χ0n) is 11.1. The second-order valence-electron chi connectivity index (χ2n) is 4.94. The minimum absolute atomic E-state index is 0.0435. The number of amides is 1. The Morgan fingerprint density at radius 2 is 1.94 bits per heavy atom. The van der Waals surface area contributed by atoms with E-state index in [2.05, 4.69) is 17.6 Å². The predicted octanol–water partition coefficient (Wildman–Crippen LogP) is 1.31. The van der Waals surface area contributed by atoms with Gasteiger partial charge in [-0.05, 0) is 40.2 Å². The number of hydrogen-bond acceptors (Lipinski definition) is 3. The van der Waals surface area contributed by atoms with Crippen LogP contribution in [0.5, 0.6) is 0 Å². The number of nitrogens with one attached hydrogen (secondary N) is 2. The lowest BCUT2D eigenvalue weighted by molar-refractivity contribution is -0.121. The normalized spacial score (nSPS) is 11.5. The molecule has 0 heterocycles. The Morgan fingerprint density at radius 1 is 1.25 bits per heavy atom. The van der Waals surface area contributed by atoms with Gasteiger partial charge in [-0.2, -0.15) is 0 Å². The van der Waals surface area contributed by atoms with Crippen LogP contribution in [0.25, 0.3) is 0 Å². The van der Waals surface area contributed by atoms with Gasteiger partial charge in [-0.15, -0.1) is 0 Å². The van der Waals surface area contributed by atoms with Crippen LogP contribution in [0.3, 0.4) is 0 Å². The van der Waals surface area contributed by atoms with Crippen molar-refractivity contribution in [1.29, 1.82) is 0 Å². The van der Waals surface area contributed by atoms with Crippen molar-refractivity contribution in [1.82, 2.24) is 10.6 Å². The molecule has 2 N–H and O–H groups in total. The molecule has 0 aromatic carbocycles. The molecule has 0 aliphatic heterocycles. The Morgan fingerprint density at radius 3 is 2.50 bits per heavy atom. The molecular formula is C12H26N2O2. The molecule has 0 fully saturated rings. The summed E-state index contributed by atoms with van der Waals surface area (Å²) in [6.45, 7) is 10.8. The van der Waals surface area contributed by atoms with E-state index < -0.39 is 0 Å². The molecule has 0 aliphatic carbocycles. The minimum Gasteiger partial charge on any atom is -0.381 e. The van der Waals surface area contributed by atoms with E-state index in [1.165, 1.54) is 0 Å². The molecule has 0 unspecified atom stereocenters. The highest BCUT2D eigenvalue weighted by Crippen LogP contribution is 1.97. The van der Waals surface area contributed by atoms with E-state index in [-0.39, 0.29) is 11.4 Å². The quantitative estimate of drug-likeness (QED) is 0.618. The maximum atomic E-state index is 11.4. The average molecular weight is 230 g/mol. The van der Waals surface area contributed by atoms with Crippen LogP contribution in [-0.4, -0.2) is 37.7 Å². The highest BCUT2D eigenvalue weighted by molar-refractivity contribution is 5.78. The summed E-state index contributed by atoms with van der Waals surface area (Å²) in [4.78, 5) is 11.4. The van der Waals surface area contributed by atoms with Crippen molar-refractivity contribution in [3.8, 4) is 0 Å². The highest BCUT2D eigenvalue weighted by atomic mass is 16.5. The fraction of sp³-hybridized carbons (Fsp3) is 0.917. The summed E-state index contributed by atoms with van der Waals surface area (Å²) in [7, 11) is 0. The Balaban J connectivity index is 3.28. The summed E-state index contributed by atoms with van der Waals surface area (Å²) in [6.07, 6.45) is 2.00. The molecule has 1 amide bonds. The molecule has 4 nitrogen and oxygen atoms in total. The molecule has 0 aliphatic rings. The number of rotatable bonds is 8. The molecule has 0 spiro atoms. The van der Waals surface area contributed by atoms with Crippen molar-refractivity contribution in [2.45, 2.75) is 46.1 Å². The van der Waals surface area contributed by atoms with Gasteiger partial charge in [-0.3, -0.25) is 4.79 Å². The van der Waals surface area contributed by atoms with Crippen molar-refractivity contribution in [2.24, 2.45) is 0 Å². The van der Waals surface area contributed by atoms with E-state index in [9.17, 15) is 4.79 Å². The first-order valence-electron chi connectivity index (χ1n) is 6.05. The second kappa shape index (κ2) is 8.53.